The van der Waals surface area contributed by atoms with E-state index in [1.165, 1.54) is 11.1 Å². The van der Waals surface area contributed by atoms with E-state index >= 15 is 0 Å². The molecule has 3 aliphatic rings. The lowest BCUT2D eigenvalue weighted by molar-refractivity contribution is -0.428. The number of nitro groups is 1. The zero-order chi connectivity index (χ0) is 13.4. The van der Waals surface area contributed by atoms with Crippen LogP contribution in [0.3, 0.4) is 0 Å². The van der Waals surface area contributed by atoms with Gasteiger partial charge in [-0.3, -0.25) is 15.0 Å². The van der Waals surface area contributed by atoms with Crippen molar-refractivity contribution in [3.8, 4) is 0 Å². The van der Waals surface area contributed by atoms with E-state index in [1.807, 2.05) is 6.08 Å². The van der Waals surface area contributed by atoms with Crippen molar-refractivity contribution in [3.05, 3.63) is 33.0 Å². The van der Waals surface area contributed by atoms with Crippen LogP contribution in [-0.4, -0.2) is 54.0 Å². The van der Waals surface area contributed by atoms with Gasteiger partial charge < -0.3 is 4.90 Å². The summed E-state index contributed by atoms with van der Waals surface area (Å²) in [5.74, 6) is 0. The van der Waals surface area contributed by atoms with Crippen LogP contribution in [0.25, 0.3) is 0 Å². The van der Waals surface area contributed by atoms with Gasteiger partial charge in [-0.25, -0.2) is 0 Å². The van der Waals surface area contributed by atoms with Crippen LogP contribution in [0.2, 0.25) is 0 Å². The summed E-state index contributed by atoms with van der Waals surface area (Å²) in [6, 6.07) is 0.549. The molecule has 0 amide bonds. The van der Waals surface area contributed by atoms with Gasteiger partial charge in [-0.1, -0.05) is 0 Å². The minimum atomic E-state index is -0.215. The van der Waals surface area contributed by atoms with E-state index in [2.05, 4.69) is 16.8 Å². The van der Waals surface area contributed by atoms with Crippen LogP contribution >= 0.6 is 0 Å². The summed E-state index contributed by atoms with van der Waals surface area (Å²) in [5.41, 5.74) is 3.13. The third-order valence-electron chi connectivity index (χ3n) is 4.71. The van der Waals surface area contributed by atoms with Crippen molar-refractivity contribution in [3.63, 3.8) is 0 Å². The van der Waals surface area contributed by atoms with Crippen molar-refractivity contribution in [2.75, 3.05) is 33.2 Å². The fourth-order valence-corrected chi connectivity index (χ4v) is 3.55. The van der Waals surface area contributed by atoms with Gasteiger partial charge in [-0.15, -0.1) is 0 Å². The number of hydrogen-bond donors (Lipinski definition) is 0. The first-order chi connectivity index (χ1) is 9.15. The van der Waals surface area contributed by atoms with Gasteiger partial charge in [-0.05, 0) is 37.5 Å². The van der Waals surface area contributed by atoms with Crippen LogP contribution in [0.1, 0.15) is 25.7 Å². The number of rotatable bonds is 2. The fraction of sp³-hybridized carbons (Fsp3) is 0.714. The topological polar surface area (TPSA) is 49.6 Å². The molecule has 1 saturated heterocycles. The van der Waals surface area contributed by atoms with Crippen LogP contribution in [0.4, 0.5) is 0 Å². The molecule has 19 heavy (non-hydrogen) atoms. The summed E-state index contributed by atoms with van der Waals surface area (Å²) in [6.45, 7) is 4.53. The quantitative estimate of drug-likeness (QED) is 0.561. The first kappa shape index (κ1) is 12.8. The van der Waals surface area contributed by atoms with E-state index < -0.39 is 0 Å². The molecule has 1 atom stereocenters. The number of allylic oxidation sites excluding steroid dienone is 3. The second-order valence-electron chi connectivity index (χ2n) is 5.84. The van der Waals surface area contributed by atoms with E-state index in [1.54, 1.807) is 0 Å². The van der Waals surface area contributed by atoms with Gasteiger partial charge in [0.1, 0.15) is 0 Å². The molecule has 5 nitrogen and oxygen atoms in total. The summed E-state index contributed by atoms with van der Waals surface area (Å²) in [6.07, 6.45) is 5.50. The van der Waals surface area contributed by atoms with Crippen molar-refractivity contribution >= 4 is 0 Å². The molecule has 0 saturated carbocycles. The standard InChI is InChI=1S/C14H21N3O2/c1-15-6-8-16(9-7-15)14-5-2-11-10-12(17(18)19)3-4-13(11)14/h10,14H,2-9H2,1H3. The highest BCUT2D eigenvalue weighted by Crippen LogP contribution is 2.38. The zero-order valence-corrected chi connectivity index (χ0v) is 11.5. The van der Waals surface area contributed by atoms with E-state index in [9.17, 15) is 10.1 Å². The highest BCUT2D eigenvalue weighted by Gasteiger charge is 2.34. The number of likely N-dealkylation sites (N-methyl/N-ethyl adjacent to an activating group) is 1. The molecule has 1 fully saturated rings. The third kappa shape index (κ3) is 2.44. The Morgan fingerprint density at radius 1 is 1.21 bits per heavy atom. The van der Waals surface area contributed by atoms with E-state index in [0.717, 1.165) is 45.4 Å². The highest BCUT2D eigenvalue weighted by molar-refractivity contribution is 5.38. The molecule has 0 bridgehead atoms. The Morgan fingerprint density at radius 2 is 1.95 bits per heavy atom. The van der Waals surface area contributed by atoms with Crippen molar-refractivity contribution in [1.82, 2.24) is 9.80 Å². The molecule has 5 heteroatoms. The summed E-state index contributed by atoms with van der Waals surface area (Å²) >= 11 is 0. The minimum Gasteiger partial charge on any atom is -0.304 e. The third-order valence-corrected chi connectivity index (χ3v) is 4.71. The van der Waals surface area contributed by atoms with Gasteiger partial charge in [0.25, 0.3) is 0 Å². The van der Waals surface area contributed by atoms with Crippen LogP contribution in [0.15, 0.2) is 22.9 Å². The van der Waals surface area contributed by atoms with Crippen molar-refractivity contribution < 1.29 is 4.92 Å². The van der Waals surface area contributed by atoms with Crippen LogP contribution in [0.5, 0.6) is 0 Å². The van der Waals surface area contributed by atoms with Gasteiger partial charge in [0.15, 0.2) is 0 Å². The minimum absolute atomic E-state index is 0.215. The molecule has 1 heterocycles. The van der Waals surface area contributed by atoms with Crippen molar-refractivity contribution in [2.24, 2.45) is 0 Å². The molecule has 1 unspecified atom stereocenters. The molecule has 0 N–H and O–H groups in total. The van der Waals surface area contributed by atoms with Gasteiger partial charge in [-0.2, -0.15) is 0 Å². The maximum absolute atomic E-state index is 10.9. The molecule has 104 valence electrons. The molecule has 2 aliphatic carbocycles. The normalized spacial score (nSPS) is 29.3. The zero-order valence-electron chi connectivity index (χ0n) is 11.5. The van der Waals surface area contributed by atoms with E-state index in [4.69, 9.17) is 0 Å². The Morgan fingerprint density at radius 3 is 2.63 bits per heavy atom. The SMILES string of the molecule is CN1CCN(C2CCC3=C2CCC([N+](=O)[O-])=C3)CC1. The van der Waals surface area contributed by atoms with E-state index in [-0.39, 0.29) is 4.92 Å². The molecule has 3 rings (SSSR count). The second kappa shape index (κ2) is 5.06. The van der Waals surface area contributed by atoms with Gasteiger partial charge in [0, 0.05) is 44.7 Å². The second-order valence-corrected chi connectivity index (χ2v) is 5.84. The average Bonchev–Trinajstić information content (AvgIpc) is 2.82. The largest absolute Gasteiger partial charge is 0.304 e. The van der Waals surface area contributed by atoms with Crippen molar-refractivity contribution in [2.45, 2.75) is 31.7 Å². The Labute approximate surface area is 113 Å². The molecule has 0 aromatic carbocycles. The smallest absolute Gasteiger partial charge is 0.246 e. The molecule has 0 radical (unpaired) electrons. The van der Waals surface area contributed by atoms with Crippen LogP contribution in [0, 0.1) is 10.1 Å². The fourth-order valence-electron chi connectivity index (χ4n) is 3.55. The lowest BCUT2D eigenvalue weighted by Crippen LogP contribution is -2.49. The maximum atomic E-state index is 10.9. The van der Waals surface area contributed by atoms with Gasteiger partial charge >= 0.3 is 0 Å². The predicted molar refractivity (Wildman–Crippen MR) is 73.4 cm³/mol. The summed E-state index contributed by atoms with van der Waals surface area (Å²) in [4.78, 5) is 15.6. The van der Waals surface area contributed by atoms with Gasteiger partial charge in [0.2, 0.25) is 5.70 Å². The summed E-state index contributed by atoms with van der Waals surface area (Å²) in [5, 5.41) is 10.9. The Kier molecular flexibility index (Phi) is 3.41. The lowest BCUT2D eigenvalue weighted by atomic mass is 9.95. The number of hydrogen-bond acceptors (Lipinski definition) is 4. The molecule has 0 spiro atoms. The van der Waals surface area contributed by atoms with Crippen LogP contribution < -0.4 is 0 Å². The molecular formula is C14H21N3O2. The average molecular weight is 263 g/mol. The predicted octanol–water partition coefficient (Wildman–Crippen LogP) is 1.65. The summed E-state index contributed by atoms with van der Waals surface area (Å²) in [7, 11) is 2.17. The van der Waals surface area contributed by atoms with Crippen LogP contribution in [-0.2, 0) is 0 Å². The molecule has 0 aromatic heterocycles. The Balaban J connectivity index is 1.75. The summed E-state index contributed by atoms with van der Waals surface area (Å²) < 4.78 is 0. The van der Waals surface area contributed by atoms with Gasteiger partial charge in [0.05, 0.1) is 4.92 Å². The monoisotopic (exact) mass is 263 g/mol. The molecule has 0 aromatic rings. The maximum Gasteiger partial charge on any atom is 0.246 e. The Hall–Kier alpha value is -1.20. The molecular weight excluding hydrogens is 242 g/mol. The first-order valence-electron chi connectivity index (χ1n) is 7.14. The highest BCUT2D eigenvalue weighted by atomic mass is 16.6. The van der Waals surface area contributed by atoms with Crippen molar-refractivity contribution in [1.29, 1.82) is 0 Å². The lowest BCUT2D eigenvalue weighted by Gasteiger charge is -2.37. The number of nitrogens with zero attached hydrogens (tertiary/aromatic N) is 3. The molecule has 1 aliphatic heterocycles. The van der Waals surface area contributed by atoms with E-state index in [0.29, 0.717) is 18.2 Å². The first-order valence-corrected chi connectivity index (χ1v) is 7.14. The Bertz CT molecular complexity index is 448. The number of piperazine rings is 1.